The summed E-state index contributed by atoms with van der Waals surface area (Å²) >= 11 is 1.16. The third-order valence-electron chi connectivity index (χ3n) is 5.12. The van der Waals surface area contributed by atoms with E-state index in [2.05, 4.69) is 5.32 Å². The van der Waals surface area contributed by atoms with Gasteiger partial charge in [-0.05, 0) is 41.3 Å². The maximum atomic E-state index is 13.4. The molecule has 0 aliphatic carbocycles. The fourth-order valence-corrected chi connectivity index (χ4v) is 4.41. The third kappa shape index (κ3) is 3.87. The van der Waals surface area contributed by atoms with Crippen LogP contribution in [-0.2, 0) is 17.9 Å². The molecule has 2 aromatic carbocycles. The summed E-state index contributed by atoms with van der Waals surface area (Å²) in [4.78, 5) is 38.8. The van der Waals surface area contributed by atoms with Gasteiger partial charge in [-0.2, -0.15) is 0 Å². The first-order valence-corrected chi connectivity index (χ1v) is 10.6. The van der Waals surface area contributed by atoms with Crippen molar-refractivity contribution in [3.05, 3.63) is 85.9 Å². The number of halogens is 2. The van der Waals surface area contributed by atoms with E-state index in [1.165, 1.54) is 10.6 Å². The van der Waals surface area contributed by atoms with Crippen LogP contribution in [0.25, 0.3) is 10.2 Å². The normalized spacial score (nSPS) is 12.3. The first-order valence-electron chi connectivity index (χ1n) is 9.75. The van der Waals surface area contributed by atoms with Crippen molar-refractivity contribution in [3.63, 3.8) is 0 Å². The molecular formula is C22H15F2N3O5S. The van der Waals surface area contributed by atoms with E-state index in [0.29, 0.717) is 27.3 Å². The average molecular weight is 471 g/mol. The zero-order valence-corrected chi connectivity index (χ0v) is 17.7. The summed E-state index contributed by atoms with van der Waals surface area (Å²) in [6, 6.07) is 9.63. The lowest BCUT2D eigenvalue weighted by molar-refractivity contribution is -0.116. The Kier molecular flexibility index (Phi) is 5.17. The minimum Gasteiger partial charge on any atom is -0.454 e. The van der Waals surface area contributed by atoms with Gasteiger partial charge in [-0.25, -0.2) is 13.6 Å². The highest BCUT2D eigenvalue weighted by Crippen LogP contribution is 2.32. The predicted octanol–water partition coefficient (Wildman–Crippen LogP) is 2.92. The summed E-state index contributed by atoms with van der Waals surface area (Å²) in [6.07, 6.45) is 0. The van der Waals surface area contributed by atoms with Gasteiger partial charge in [-0.1, -0.05) is 6.07 Å². The SMILES string of the molecule is O=C(Cn1c(=O)n(Cc2ccc3c(c2)OCO3)c(=O)c2sccc21)Nc1ccc(F)c(F)c1. The van der Waals surface area contributed by atoms with Crippen LogP contribution in [0.1, 0.15) is 5.56 Å². The van der Waals surface area contributed by atoms with Crippen molar-refractivity contribution in [1.29, 1.82) is 0 Å². The number of nitrogens with one attached hydrogen (secondary N) is 1. The predicted molar refractivity (Wildman–Crippen MR) is 117 cm³/mol. The van der Waals surface area contributed by atoms with E-state index in [1.54, 1.807) is 29.6 Å². The minimum absolute atomic E-state index is 0.0348. The highest BCUT2D eigenvalue weighted by Gasteiger charge is 2.19. The number of hydrogen-bond donors (Lipinski definition) is 1. The van der Waals surface area contributed by atoms with Crippen molar-refractivity contribution in [2.75, 3.05) is 12.1 Å². The smallest absolute Gasteiger partial charge is 0.332 e. The number of rotatable bonds is 5. The van der Waals surface area contributed by atoms with E-state index in [0.717, 1.165) is 28.0 Å². The molecule has 1 N–H and O–H groups in total. The van der Waals surface area contributed by atoms with Crippen LogP contribution in [0.5, 0.6) is 11.5 Å². The Bertz CT molecular complexity index is 1520. The molecule has 0 atom stereocenters. The summed E-state index contributed by atoms with van der Waals surface area (Å²) in [6.45, 7) is -0.362. The highest BCUT2D eigenvalue weighted by atomic mass is 32.1. The Morgan fingerprint density at radius 1 is 1.00 bits per heavy atom. The number of thiophene rings is 1. The summed E-state index contributed by atoms with van der Waals surface area (Å²) in [5.74, 6) is -1.69. The summed E-state index contributed by atoms with van der Waals surface area (Å²) < 4.78 is 39.7. The van der Waals surface area contributed by atoms with Gasteiger partial charge in [0.15, 0.2) is 23.1 Å². The lowest BCUT2D eigenvalue weighted by Gasteiger charge is -2.13. The van der Waals surface area contributed by atoms with Crippen molar-refractivity contribution in [3.8, 4) is 11.5 Å². The third-order valence-corrected chi connectivity index (χ3v) is 6.01. The second-order valence-electron chi connectivity index (χ2n) is 7.26. The second-order valence-corrected chi connectivity index (χ2v) is 8.18. The van der Waals surface area contributed by atoms with Crippen LogP contribution in [0.3, 0.4) is 0 Å². The quantitative estimate of drug-likeness (QED) is 0.483. The van der Waals surface area contributed by atoms with Gasteiger partial charge < -0.3 is 14.8 Å². The molecule has 2 aromatic heterocycles. The zero-order chi connectivity index (χ0) is 23.1. The molecule has 0 saturated heterocycles. The van der Waals surface area contributed by atoms with Crippen LogP contribution in [0, 0.1) is 11.6 Å². The molecule has 0 spiro atoms. The number of hydrogen-bond acceptors (Lipinski definition) is 6. The standard InChI is InChI=1S/C22H15F2N3O5S/c23-14-3-2-13(8-15(14)24)25-19(28)10-26-16-5-6-33-20(16)21(29)27(22(26)30)9-12-1-4-17-18(7-12)32-11-31-17/h1-8H,9-11H2,(H,25,28). The van der Waals surface area contributed by atoms with Crippen LogP contribution < -0.4 is 26.0 Å². The molecule has 33 heavy (non-hydrogen) atoms. The molecule has 0 radical (unpaired) electrons. The molecule has 0 bridgehead atoms. The maximum absolute atomic E-state index is 13.4. The largest absolute Gasteiger partial charge is 0.454 e. The number of carbonyl (C=O) groups is 1. The number of ether oxygens (including phenoxy) is 2. The Balaban J connectivity index is 1.49. The van der Waals surface area contributed by atoms with Gasteiger partial charge in [0.25, 0.3) is 5.56 Å². The fraction of sp³-hybridized carbons (Fsp3) is 0.136. The molecule has 168 valence electrons. The Hall–Kier alpha value is -3.99. The van der Waals surface area contributed by atoms with E-state index in [1.807, 2.05) is 0 Å². The van der Waals surface area contributed by atoms with Gasteiger partial charge >= 0.3 is 5.69 Å². The van der Waals surface area contributed by atoms with E-state index >= 15 is 0 Å². The molecule has 0 saturated carbocycles. The molecule has 11 heteroatoms. The molecule has 1 amide bonds. The van der Waals surface area contributed by atoms with Gasteiger partial charge in [0.1, 0.15) is 11.2 Å². The van der Waals surface area contributed by atoms with Crippen molar-refractivity contribution in [2.24, 2.45) is 0 Å². The van der Waals surface area contributed by atoms with Gasteiger partial charge in [-0.3, -0.25) is 18.7 Å². The Morgan fingerprint density at radius 3 is 2.64 bits per heavy atom. The molecule has 4 aromatic rings. The van der Waals surface area contributed by atoms with Crippen LogP contribution in [0.4, 0.5) is 14.5 Å². The molecule has 1 aliphatic heterocycles. The van der Waals surface area contributed by atoms with Gasteiger partial charge in [0.2, 0.25) is 12.7 Å². The van der Waals surface area contributed by atoms with Crippen molar-refractivity contribution >= 4 is 33.1 Å². The monoisotopic (exact) mass is 471 g/mol. The zero-order valence-electron chi connectivity index (χ0n) is 16.8. The number of amides is 1. The molecule has 1 aliphatic rings. The lowest BCUT2D eigenvalue weighted by Crippen LogP contribution is -2.41. The molecular weight excluding hydrogens is 456 g/mol. The average Bonchev–Trinajstić information content (AvgIpc) is 3.46. The number of carbonyl (C=O) groups excluding carboxylic acids is 1. The molecule has 8 nitrogen and oxygen atoms in total. The van der Waals surface area contributed by atoms with Gasteiger partial charge in [0.05, 0.1) is 12.1 Å². The Labute approximate surface area is 188 Å². The second kappa shape index (κ2) is 8.17. The van der Waals surface area contributed by atoms with Crippen LogP contribution >= 0.6 is 11.3 Å². The summed E-state index contributed by atoms with van der Waals surface area (Å²) in [5, 5.41) is 4.09. The van der Waals surface area contributed by atoms with Crippen LogP contribution in [-0.4, -0.2) is 21.8 Å². The minimum atomic E-state index is -1.11. The number of anilines is 1. The van der Waals surface area contributed by atoms with Gasteiger partial charge in [-0.15, -0.1) is 11.3 Å². The molecule has 0 fully saturated rings. The van der Waals surface area contributed by atoms with E-state index < -0.39 is 35.3 Å². The van der Waals surface area contributed by atoms with E-state index in [-0.39, 0.29) is 19.0 Å². The molecule has 0 unspecified atom stereocenters. The number of aromatic nitrogens is 2. The van der Waals surface area contributed by atoms with Crippen LogP contribution in [0.15, 0.2) is 57.4 Å². The number of nitrogens with zero attached hydrogens (tertiary/aromatic N) is 2. The summed E-state index contributed by atoms with van der Waals surface area (Å²) in [7, 11) is 0. The van der Waals surface area contributed by atoms with Gasteiger partial charge in [0, 0.05) is 11.8 Å². The molecule has 5 rings (SSSR count). The first kappa shape index (κ1) is 20.9. The number of benzene rings is 2. The first-order chi connectivity index (χ1) is 15.9. The summed E-state index contributed by atoms with van der Waals surface area (Å²) in [5.41, 5.74) is -0.143. The fourth-order valence-electron chi connectivity index (χ4n) is 3.57. The van der Waals surface area contributed by atoms with Crippen molar-refractivity contribution in [2.45, 2.75) is 13.1 Å². The van der Waals surface area contributed by atoms with Crippen LogP contribution in [0.2, 0.25) is 0 Å². The Morgan fingerprint density at radius 2 is 1.82 bits per heavy atom. The topological polar surface area (TPSA) is 91.6 Å². The van der Waals surface area contributed by atoms with Crippen molar-refractivity contribution in [1.82, 2.24) is 9.13 Å². The van der Waals surface area contributed by atoms with Crippen molar-refractivity contribution < 1.29 is 23.0 Å². The molecule has 3 heterocycles. The maximum Gasteiger partial charge on any atom is 0.332 e. The van der Waals surface area contributed by atoms with E-state index in [4.69, 9.17) is 9.47 Å². The number of fused-ring (bicyclic) bond motifs is 2. The highest BCUT2D eigenvalue weighted by molar-refractivity contribution is 7.17. The lowest BCUT2D eigenvalue weighted by atomic mass is 10.2. The van der Waals surface area contributed by atoms with E-state index in [9.17, 15) is 23.2 Å².